The van der Waals surface area contributed by atoms with Crippen molar-refractivity contribution in [3.8, 4) is 11.3 Å². The molecule has 0 amide bonds. The molecule has 0 spiro atoms. The van der Waals surface area contributed by atoms with Crippen molar-refractivity contribution in [2.24, 2.45) is 5.92 Å². The number of carbonyl (C=O) groups excluding carboxylic acids is 1. The number of ketones is 1. The van der Waals surface area contributed by atoms with Gasteiger partial charge in [0.2, 0.25) is 0 Å². The van der Waals surface area contributed by atoms with Gasteiger partial charge in [-0.3, -0.25) is 4.79 Å². The molecule has 0 bridgehead atoms. The van der Waals surface area contributed by atoms with Gasteiger partial charge >= 0.3 is 0 Å². The second-order valence-electron chi connectivity index (χ2n) is 6.09. The molecule has 2 heterocycles. The summed E-state index contributed by atoms with van der Waals surface area (Å²) in [6.45, 7) is 0. The predicted molar refractivity (Wildman–Crippen MR) is 76.2 cm³/mol. The Morgan fingerprint density at radius 1 is 1.25 bits per heavy atom. The number of hydrogen-bond donors (Lipinski definition) is 1. The van der Waals surface area contributed by atoms with Crippen LogP contribution < -0.4 is 0 Å². The van der Waals surface area contributed by atoms with E-state index in [4.69, 9.17) is 11.6 Å². The van der Waals surface area contributed by atoms with Gasteiger partial charge in [0, 0.05) is 34.9 Å². The Hall–Kier alpha value is -1.61. The van der Waals surface area contributed by atoms with Crippen LogP contribution in [0.5, 0.6) is 0 Å². The van der Waals surface area contributed by atoms with Gasteiger partial charge < -0.3 is 4.98 Å². The summed E-state index contributed by atoms with van der Waals surface area (Å²) in [4.78, 5) is 20.2. The maximum Gasteiger partial charge on any atom is 0.168 e. The molecular weight excluding hydrogens is 272 g/mol. The van der Waals surface area contributed by atoms with Crippen molar-refractivity contribution < 1.29 is 4.79 Å². The van der Waals surface area contributed by atoms with Crippen molar-refractivity contribution in [2.75, 3.05) is 0 Å². The van der Waals surface area contributed by atoms with Crippen molar-refractivity contribution in [2.45, 2.75) is 31.6 Å². The first-order valence-electron chi connectivity index (χ1n) is 7.18. The van der Waals surface area contributed by atoms with Crippen molar-refractivity contribution in [1.82, 2.24) is 9.97 Å². The molecule has 0 aliphatic heterocycles. The van der Waals surface area contributed by atoms with Crippen molar-refractivity contribution >= 4 is 17.4 Å². The third kappa shape index (κ3) is 1.18. The number of Topliss-reactive ketones (excluding diaryl/α,β-unsaturated/α-hetero) is 1. The molecule has 0 aromatic carbocycles. The van der Waals surface area contributed by atoms with E-state index in [2.05, 4.69) is 9.97 Å². The number of rotatable bonds is 0. The van der Waals surface area contributed by atoms with E-state index in [1.807, 2.05) is 12.3 Å². The number of nitrogens with one attached hydrogen (secondary N) is 1. The van der Waals surface area contributed by atoms with Gasteiger partial charge in [-0.15, -0.1) is 0 Å². The van der Waals surface area contributed by atoms with E-state index >= 15 is 0 Å². The van der Waals surface area contributed by atoms with E-state index < -0.39 is 0 Å². The zero-order valence-electron chi connectivity index (χ0n) is 10.9. The largest absolute Gasteiger partial charge is 0.357 e. The van der Waals surface area contributed by atoms with Crippen LogP contribution in [0.1, 0.15) is 45.9 Å². The molecule has 20 heavy (non-hydrogen) atoms. The number of carbonyl (C=O) groups is 1. The summed E-state index contributed by atoms with van der Waals surface area (Å²) in [6.07, 6.45) is 5.95. The maximum atomic E-state index is 12.5. The molecule has 4 heteroatoms. The standard InChI is InChI=1S/C16H13ClN2O/c17-12-5-11-7(6-18-12)1-2-10-13-15(19-14(10)11)8-3-4-9(8)16(13)20/h5-6,8-9,19H,1-4H2. The number of H-pyrrole nitrogens is 1. The fourth-order valence-corrected chi connectivity index (χ4v) is 4.25. The minimum Gasteiger partial charge on any atom is -0.357 e. The minimum atomic E-state index is 0.268. The number of pyridine rings is 1. The highest BCUT2D eigenvalue weighted by Gasteiger charge is 2.49. The topological polar surface area (TPSA) is 45.8 Å². The Morgan fingerprint density at radius 3 is 2.90 bits per heavy atom. The average molecular weight is 285 g/mol. The first kappa shape index (κ1) is 11.1. The molecule has 3 aliphatic carbocycles. The molecule has 2 aromatic heterocycles. The van der Waals surface area contributed by atoms with Gasteiger partial charge in [-0.05, 0) is 42.9 Å². The van der Waals surface area contributed by atoms with E-state index in [1.165, 1.54) is 16.8 Å². The molecule has 3 nitrogen and oxygen atoms in total. The third-order valence-electron chi connectivity index (χ3n) is 5.23. The van der Waals surface area contributed by atoms with Crippen LogP contribution in [0.2, 0.25) is 5.15 Å². The molecule has 2 aromatic rings. The second kappa shape index (κ2) is 3.53. The lowest BCUT2D eigenvalue weighted by Gasteiger charge is -2.29. The van der Waals surface area contributed by atoms with Gasteiger partial charge in [0.05, 0.1) is 5.69 Å². The molecule has 0 saturated heterocycles. The van der Waals surface area contributed by atoms with Gasteiger partial charge in [0.1, 0.15) is 5.15 Å². The molecule has 0 radical (unpaired) electrons. The number of aromatic nitrogens is 2. The Morgan fingerprint density at radius 2 is 2.10 bits per heavy atom. The number of halogens is 1. The van der Waals surface area contributed by atoms with Gasteiger partial charge in [0.25, 0.3) is 0 Å². The number of aromatic amines is 1. The van der Waals surface area contributed by atoms with Crippen LogP contribution in [0.4, 0.5) is 0 Å². The van der Waals surface area contributed by atoms with Gasteiger partial charge in [0.15, 0.2) is 5.78 Å². The number of aryl methyl sites for hydroxylation is 1. The number of nitrogens with zero attached hydrogens (tertiary/aromatic N) is 1. The van der Waals surface area contributed by atoms with Crippen LogP contribution >= 0.6 is 11.6 Å². The summed E-state index contributed by atoms with van der Waals surface area (Å²) in [5.41, 5.74) is 6.88. The second-order valence-corrected chi connectivity index (χ2v) is 6.47. The highest BCUT2D eigenvalue weighted by atomic mass is 35.5. The van der Waals surface area contributed by atoms with Crippen LogP contribution in [-0.4, -0.2) is 15.8 Å². The monoisotopic (exact) mass is 284 g/mol. The Labute approximate surface area is 121 Å². The van der Waals surface area contributed by atoms with Crippen molar-refractivity contribution in [3.05, 3.63) is 39.8 Å². The zero-order valence-corrected chi connectivity index (χ0v) is 11.6. The molecule has 1 saturated carbocycles. The van der Waals surface area contributed by atoms with E-state index in [1.54, 1.807) is 0 Å². The van der Waals surface area contributed by atoms with Crippen molar-refractivity contribution in [1.29, 1.82) is 0 Å². The lowest BCUT2D eigenvalue weighted by atomic mass is 9.75. The first-order chi connectivity index (χ1) is 9.74. The SMILES string of the molecule is O=C1c2c([nH]c3c2CCc2cnc(Cl)cc2-3)C2CCC12. The molecule has 1 fully saturated rings. The molecule has 3 aliphatic rings. The zero-order chi connectivity index (χ0) is 13.4. The smallest absolute Gasteiger partial charge is 0.168 e. The molecule has 2 unspecified atom stereocenters. The molecule has 1 N–H and O–H groups in total. The summed E-state index contributed by atoms with van der Waals surface area (Å²) < 4.78 is 0. The highest BCUT2D eigenvalue weighted by molar-refractivity contribution is 6.29. The summed E-state index contributed by atoms with van der Waals surface area (Å²) in [6, 6.07) is 1.92. The summed E-state index contributed by atoms with van der Waals surface area (Å²) >= 11 is 6.04. The number of hydrogen-bond acceptors (Lipinski definition) is 2. The van der Waals surface area contributed by atoms with Gasteiger partial charge in [-0.1, -0.05) is 11.6 Å². The molecule has 2 atom stereocenters. The van der Waals surface area contributed by atoms with Crippen molar-refractivity contribution in [3.63, 3.8) is 0 Å². The van der Waals surface area contributed by atoms with E-state index in [-0.39, 0.29) is 5.92 Å². The maximum absolute atomic E-state index is 12.5. The number of fused-ring (bicyclic) bond motifs is 7. The summed E-state index contributed by atoms with van der Waals surface area (Å²) in [7, 11) is 0. The quantitative estimate of drug-likeness (QED) is 0.752. The third-order valence-corrected chi connectivity index (χ3v) is 5.43. The van der Waals surface area contributed by atoms with E-state index in [9.17, 15) is 4.79 Å². The van der Waals surface area contributed by atoms with Gasteiger partial charge in [-0.25, -0.2) is 4.98 Å². The summed E-state index contributed by atoms with van der Waals surface area (Å²) in [5.74, 6) is 1.09. The lowest BCUT2D eigenvalue weighted by molar-refractivity contribution is 0.0857. The van der Waals surface area contributed by atoms with Crippen LogP contribution in [0.15, 0.2) is 12.3 Å². The summed E-state index contributed by atoms with van der Waals surface area (Å²) in [5, 5.41) is 0.513. The normalized spacial score (nSPS) is 25.6. The van der Waals surface area contributed by atoms with E-state index in [0.717, 1.165) is 42.5 Å². The Kier molecular flexibility index (Phi) is 1.96. The molecule has 5 rings (SSSR count). The minimum absolute atomic E-state index is 0.268. The van der Waals surface area contributed by atoms with Crippen LogP contribution in [0.25, 0.3) is 11.3 Å². The Balaban J connectivity index is 1.77. The first-order valence-corrected chi connectivity index (χ1v) is 7.55. The molecule has 100 valence electrons. The average Bonchev–Trinajstić information content (AvgIpc) is 2.83. The van der Waals surface area contributed by atoms with E-state index in [0.29, 0.717) is 16.9 Å². The van der Waals surface area contributed by atoms with Crippen LogP contribution in [0.3, 0.4) is 0 Å². The highest BCUT2D eigenvalue weighted by Crippen LogP contribution is 2.53. The Bertz CT molecular complexity index is 777. The van der Waals surface area contributed by atoms with Crippen LogP contribution in [-0.2, 0) is 12.8 Å². The fraction of sp³-hybridized carbons (Fsp3) is 0.375. The fourth-order valence-electron chi connectivity index (χ4n) is 4.09. The predicted octanol–water partition coefficient (Wildman–Crippen LogP) is 3.52. The van der Waals surface area contributed by atoms with Crippen LogP contribution in [0, 0.1) is 5.92 Å². The lowest BCUT2D eigenvalue weighted by Crippen LogP contribution is -2.24. The van der Waals surface area contributed by atoms with Gasteiger partial charge in [-0.2, -0.15) is 0 Å². The molecular formula is C16H13ClN2O.